The normalized spacial score (nSPS) is 22.0. The van der Waals surface area contributed by atoms with Gasteiger partial charge in [0.25, 0.3) is 0 Å². The lowest BCUT2D eigenvalue weighted by Crippen LogP contribution is -2.17. The standard InChI is InChI=1S/C9H16N4/c1-6(2)13-11-8-5-3-4-7(10)9(8)12-13/h6-7H,3-5,10H2,1-2H3. The predicted octanol–water partition coefficient (Wildman–Crippen LogP) is 1.20. The van der Waals surface area contributed by atoms with Crippen LogP contribution in [0.5, 0.6) is 0 Å². The van der Waals surface area contributed by atoms with Crippen molar-refractivity contribution in [2.75, 3.05) is 0 Å². The van der Waals surface area contributed by atoms with E-state index >= 15 is 0 Å². The van der Waals surface area contributed by atoms with Crippen molar-refractivity contribution in [1.82, 2.24) is 15.0 Å². The average Bonchev–Trinajstić information content (AvgIpc) is 2.49. The summed E-state index contributed by atoms with van der Waals surface area (Å²) in [6.45, 7) is 4.16. The maximum absolute atomic E-state index is 5.94. The molecule has 0 saturated heterocycles. The molecule has 13 heavy (non-hydrogen) atoms. The van der Waals surface area contributed by atoms with E-state index in [0.29, 0.717) is 6.04 Å². The molecular weight excluding hydrogens is 164 g/mol. The second-order valence-electron chi connectivity index (χ2n) is 3.94. The minimum Gasteiger partial charge on any atom is -0.323 e. The van der Waals surface area contributed by atoms with Crippen LogP contribution in [0.3, 0.4) is 0 Å². The molecule has 0 saturated carbocycles. The van der Waals surface area contributed by atoms with Gasteiger partial charge in [0.1, 0.15) is 5.69 Å². The fourth-order valence-corrected chi connectivity index (χ4v) is 1.69. The Morgan fingerprint density at radius 1 is 1.46 bits per heavy atom. The van der Waals surface area contributed by atoms with Crippen LogP contribution in [0.4, 0.5) is 0 Å². The summed E-state index contributed by atoms with van der Waals surface area (Å²) in [4.78, 5) is 1.77. The Kier molecular flexibility index (Phi) is 2.07. The number of hydrogen-bond acceptors (Lipinski definition) is 3. The first-order valence-electron chi connectivity index (χ1n) is 4.89. The number of hydrogen-bond donors (Lipinski definition) is 1. The smallest absolute Gasteiger partial charge is 0.103 e. The molecule has 4 heteroatoms. The number of rotatable bonds is 1. The van der Waals surface area contributed by atoms with Crippen molar-refractivity contribution < 1.29 is 0 Å². The number of fused-ring (bicyclic) bond motifs is 1. The zero-order valence-electron chi connectivity index (χ0n) is 8.20. The second-order valence-corrected chi connectivity index (χ2v) is 3.94. The Bertz CT molecular complexity index is 303. The number of aromatic nitrogens is 3. The van der Waals surface area contributed by atoms with Crippen LogP contribution >= 0.6 is 0 Å². The van der Waals surface area contributed by atoms with Gasteiger partial charge in [-0.3, -0.25) is 0 Å². The summed E-state index contributed by atoms with van der Waals surface area (Å²) in [5, 5.41) is 8.84. The fourth-order valence-electron chi connectivity index (χ4n) is 1.69. The minimum absolute atomic E-state index is 0.108. The van der Waals surface area contributed by atoms with E-state index in [1.54, 1.807) is 4.80 Å². The third-order valence-electron chi connectivity index (χ3n) is 2.47. The molecule has 0 aromatic carbocycles. The molecule has 0 spiro atoms. The average molecular weight is 180 g/mol. The molecule has 1 aromatic rings. The van der Waals surface area contributed by atoms with E-state index in [0.717, 1.165) is 30.7 Å². The third kappa shape index (κ3) is 1.46. The van der Waals surface area contributed by atoms with Crippen LogP contribution in [-0.4, -0.2) is 15.0 Å². The van der Waals surface area contributed by atoms with Crippen molar-refractivity contribution in [2.45, 2.75) is 45.2 Å². The van der Waals surface area contributed by atoms with Crippen LogP contribution in [0, 0.1) is 0 Å². The van der Waals surface area contributed by atoms with Crippen molar-refractivity contribution in [3.63, 3.8) is 0 Å². The summed E-state index contributed by atoms with van der Waals surface area (Å²) in [6.07, 6.45) is 3.23. The van der Waals surface area contributed by atoms with E-state index in [1.807, 2.05) is 0 Å². The van der Waals surface area contributed by atoms with Crippen molar-refractivity contribution >= 4 is 0 Å². The summed E-state index contributed by atoms with van der Waals surface area (Å²) in [7, 11) is 0. The maximum atomic E-state index is 5.94. The van der Waals surface area contributed by atoms with E-state index in [2.05, 4.69) is 24.0 Å². The van der Waals surface area contributed by atoms with E-state index in [-0.39, 0.29) is 6.04 Å². The summed E-state index contributed by atoms with van der Waals surface area (Å²) in [6, 6.07) is 0.439. The molecule has 1 aliphatic carbocycles. The summed E-state index contributed by atoms with van der Waals surface area (Å²) >= 11 is 0. The highest BCUT2D eigenvalue weighted by Crippen LogP contribution is 2.25. The Morgan fingerprint density at radius 3 is 2.85 bits per heavy atom. The lowest BCUT2D eigenvalue weighted by molar-refractivity contribution is 0.459. The van der Waals surface area contributed by atoms with Crippen molar-refractivity contribution in [3.8, 4) is 0 Å². The highest BCUT2D eigenvalue weighted by molar-refractivity contribution is 5.16. The molecule has 0 amide bonds. The van der Waals surface area contributed by atoms with Gasteiger partial charge in [0.05, 0.1) is 17.8 Å². The molecule has 0 bridgehead atoms. The Labute approximate surface area is 78.1 Å². The molecule has 1 aromatic heterocycles. The zero-order chi connectivity index (χ0) is 9.42. The Hall–Kier alpha value is -0.900. The highest BCUT2D eigenvalue weighted by Gasteiger charge is 2.22. The molecule has 2 rings (SSSR count). The van der Waals surface area contributed by atoms with Crippen molar-refractivity contribution in [1.29, 1.82) is 0 Å². The van der Waals surface area contributed by atoms with Gasteiger partial charge in [0.2, 0.25) is 0 Å². The molecular formula is C9H16N4. The van der Waals surface area contributed by atoms with E-state index in [4.69, 9.17) is 5.73 Å². The van der Waals surface area contributed by atoms with E-state index in [1.165, 1.54) is 0 Å². The van der Waals surface area contributed by atoms with Gasteiger partial charge < -0.3 is 5.73 Å². The SMILES string of the molecule is CC(C)n1nc2c(n1)C(N)CCC2. The van der Waals surface area contributed by atoms with Gasteiger partial charge in [0, 0.05) is 0 Å². The fraction of sp³-hybridized carbons (Fsp3) is 0.778. The largest absolute Gasteiger partial charge is 0.323 e. The monoisotopic (exact) mass is 180 g/mol. The van der Waals surface area contributed by atoms with Crippen LogP contribution in [0.2, 0.25) is 0 Å². The molecule has 0 radical (unpaired) electrons. The molecule has 72 valence electrons. The first-order chi connectivity index (χ1) is 6.18. The Balaban J connectivity index is 2.36. The molecule has 2 N–H and O–H groups in total. The molecule has 4 nitrogen and oxygen atoms in total. The van der Waals surface area contributed by atoms with Gasteiger partial charge in [-0.25, -0.2) is 0 Å². The van der Waals surface area contributed by atoms with E-state index < -0.39 is 0 Å². The highest BCUT2D eigenvalue weighted by atomic mass is 15.5. The molecule has 1 unspecified atom stereocenters. The number of nitrogens with zero attached hydrogens (tertiary/aromatic N) is 3. The first-order valence-corrected chi connectivity index (χ1v) is 4.89. The molecule has 1 atom stereocenters. The van der Waals surface area contributed by atoms with Crippen molar-refractivity contribution in [2.24, 2.45) is 5.73 Å². The number of aryl methyl sites for hydroxylation is 1. The lowest BCUT2D eigenvalue weighted by atomic mass is 9.97. The van der Waals surface area contributed by atoms with Gasteiger partial charge in [0.15, 0.2) is 0 Å². The van der Waals surface area contributed by atoms with Crippen molar-refractivity contribution in [3.05, 3.63) is 11.4 Å². The molecule has 0 aliphatic heterocycles. The first kappa shape index (κ1) is 8.69. The summed E-state index contributed by atoms with van der Waals surface area (Å²) in [5.41, 5.74) is 8.06. The topological polar surface area (TPSA) is 56.7 Å². The lowest BCUT2D eigenvalue weighted by Gasteiger charge is -2.14. The summed E-state index contributed by atoms with van der Waals surface area (Å²) < 4.78 is 0. The van der Waals surface area contributed by atoms with Gasteiger partial charge in [-0.2, -0.15) is 15.0 Å². The van der Waals surface area contributed by atoms with Gasteiger partial charge >= 0.3 is 0 Å². The van der Waals surface area contributed by atoms with Gasteiger partial charge in [-0.15, -0.1) is 0 Å². The van der Waals surface area contributed by atoms with Crippen LogP contribution in [0.1, 0.15) is 50.2 Å². The second kappa shape index (κ2) is 3.10. The predicted molar refractivity (Wildman–Crippen MR) is 50.3 cm³/mol. The third-order valence-corrected chi connectivity index (χ3v) is 2.47. The molecule has 0 fully saturated rings. The zero-order valence-corrected chi connectivity index (χ0v) is 8.20. The molecule has 1 heterocycles. The van der Waals surface area contributed by atoms with Crippen LogP contribution in [0.25, 0.3) is 0 Å². The van der Waals surface area contributed by atoms with Gasteiger partial charge in [-0.1, -0.05) is 0 Å². The molecule has 1 aliphatic rings. The Morgan fingerprint density at radius 2 is 2.23 bits per heavy atom. The van der Waals surface area contributed by atoms with Gasteiger partial charge in [-0.05, 0) is 33.1 Å². The number of nitrogens with two attached hydrogens (primary N) is 1. The van der Waals surface area contributed by atoms with Crippen LogP contribution in [-0.2, 0) is 6.42 Å². The summed E-state index contributed by atoms with van der Waals surface area (Å²) in [5.74, 6) is 0. The van der Waals surface area contributed by atoms with E-state index in [9.17, 15) is 0 Å². The van der Waals surface area contributed by atoms with Crippen LogP contribution < -0.4 is 5.73 Å². The maximum Gasteiger partial charge on any atom is 0.103 e. The quantitative estimate of drug-likeness (QED) is 0.706. The minimum atomic E-state index is 0.108. The van der Waals surface area contributed by atoms with Crippen LogP contribution in [0.15, 0.2) is 0 Å².